The highest BCUT2D eigenvalue weighted by Gasteiger charge is 2.02. The summed E-state index contributed by atoms with van der Waals surface area (Å²) in [6.45, 7) is 8.60. The van der Waals surface area contributed by atoms with Crippen LogP contribution in [0.25, 0.3) is 0 Å². The molecular formula is C29H56N4. The molecule has 0 saturated carbocycles. The molecule has 0 aliphatic heterocycles. The van der Waals surface area contributed by atoms with E-state index in [1.54, 1.807) is 0 Å². The molecule has 0 bridgehead atoms. The van der Waals surface area contributed by atoms with Crippen LogP contribution in [-0.2, 0) is 0 Å². The van der Waals surface area contributed by atoms with Crippen molar-refractivity contribution in [2.75, 3.05) is 23.7 Å². The fraction of sp³-hybridized carbons (Fsp3) is 0.862. The quantitative estimate of drug-likeness (QED) is 0.151. The number of hydrogen-bond donors (Lipinski definition) is 2. The zero-order valence-electron chi connectivity index (χ0n) is 22.5. The Morgan fingerprint density at radius 3 is 1.36 bits per heavy atom. The third-order valence-electron chi connectivity index (χ3n) is 6.50. The number of aromatic nitrogens is 2. The molecule has 0 aromatic carbocycles. The Morgan fingerprint density at radius 2 is 0.909 bits per heavy atom. The number of aryl methyl sites for hydroxylation is 1. The summed E-state index contributed by atoms with van der Waals surface area (Å²) in [5.41, 5.74) is 1.03. The van der Waals surface area contributed by atoms with E-state index >= 15 is 0 Å². The summed E-state index contributed by atoms with van der Waals surface area (Å²) < 4.78 is 0. The van der Waals surface area contributed by atoms with Gasteiger partial charge in [-0.3, -0.25) is 0 Å². The zero-order chi connectivity index (χ0) is 23.8. The van der Waals surface area contributed by atoms with Crippen LogP contribution < -0.4 is 10.6 Å². The van der Waals surface area contributed by atoms with Gasteiger partial charge in [0.05, 0.1) is 0 Å². The second-order valence-electron chi connectivity index (χ2n) is 9.94. The molecule has 33 heavy (non-hydrogen) atoms. The fourth-order valence-corrected chi connectivity index (χ4v) is 4.38. The Morgan fingerprint density at radius 1 is 0.515 bits per heavy atom. The predicted octanol–water partition coefficient (Wildman–Crippen LogP) is 9.45. The second kappa shape index (κ2) is 22.5. The van der Waals surface area contributed by atoms with Gasteiger partial charge in [0.1, 0.15) is 5.82 Å². The number of hydrogen-bond acceptors (Lipinski definition) is 4. The summed E-state index contributed by atoms with van der Waals surface area (Å²) >= 11 is 0. The predicted molar refractivity (Wildman–Crippen MR) is 147 cm³/mol. The van der Waals surface area contributed by atoms with E-state index in [0.717, 1.165) is 30.5 Å². The smallest absolute Gasteiger partial charge is 0.224 e. The molecule has 1 heterocycles. The Balaban J connectivity index is 2.02. The molecule has 0 aliphatic rings. The van der Waals surface area contributed by atoms with Crippen molar-refractivity contribution in [1.29, 1.82) is 0 Å². The van der Waals surface area contributed by atoms with Gasteiger partial charge in [0, 0.05) is 24.8 Å². The van der Waals surface area contributed by atoms with Gasteiger partial charge in [-0.15, -0.1) is 0 Å². The van der Waals surface area contributed by atoms with Crippen molar-refractivity contribution in [1.82, 2.24) is 9.97 Å². The highest BCUT2D eigenvalue weighted by Crippen LogP contribution is 2.13. The Bertz CT molecular complexity index is 502. The topological polar surface area (TPSA) is 49.8 Å². The van der Waals surface area contributed by atoms with Crippen LogP contribution in [0.1, 0.15) is 148 Å². The second-order valence-corrected chi connectivity index (χ2v) is 9.94. The average molecular weight is 461 g/mol. The maximum atomic E-state index is 4.67. The summed E-state index contributed by atoms with van der Waals surface area (Å²) in [6, 6.07) is 2.06. The van der Waals surface area contributed by atoms with Crippen LogP contribution in [0.4, 0.5) is 11.8 Å². The van der Waals surface area contributed by atoms with Gasteiger partial charge in [-0.25, -0.2) is 4.98 Å². The molecule has 1 aromatic heterocycles. The van der Waals surface area contributed by atoms with Crippen LogP contribution >= 0.6 is 0 Å². The molecule has 0 fully saturated rings. The van der Waals surface area contributed by atoms with Crippen LogP contribution in [0.3, 0.4) is 0 Å². The van der Waals surface area contributed by atoms with Gasteiger partial charge in [-0.1, -0.05) is 129 Å². The van der Waals surface area contributed by atoms with E-state index in [1.807, 2.05) is 0 Å². The molecular weight excluding hydrogens is 404 g/mol. The molecule has 4 nitrogen and oxygen atoms in total. The van der Waals surface area contributed by atoms with Crippen molar-refractivity contribution in [3.8, 4) is 0 Å². The molecule has 4 heteroatoms. The number of anilines is 2. The first-order valence-corrected chi connectivity index (χ1v) is 14.6. The molecule has 0 aliphatic carbocycles. The first-order valence-electron chi connectivity index (χ1n) is 14.6. The normalized spacial score (nSPS) is 11.1. The van der Waals surface area contributed by atoms with E-state index in [4.69, 9.17) is 0 Å². The van der Waals surface area contributed by atoms with Gasteiger partial charge in [0.15, 0.2) is 0 Å². The minimum absolute atomic E-state index is 0.775. The average Bonchev–Trinajstić information content (AvgIpc) is 2.80. The highest BCUT2D eigenvalue weighted by molar-refractivity contribution is 5.42. The van der Waals surface area contributed by atoms with Crippen LogP contribution in [0.15, 0.2) is 6.07 Å². The first-order chi connectivity index (χ1) is 16.3. The molecule has 0 amide bonds. The number of nitrogens with zero attached hydrogens (tertiary/aromatic N) is 2. The molecule has 0 saturated heterocycles. The zero-order valence-corrected chi connectivity index (χ0v) is 22.5. The molecule has 1 aromatic rings. The van der Waals surface area contributed by atoms with E-state index in [9.17, 15) is 0 Å². The van der Waals surface area contributed by atoms with Crippen LogP contribution in [0.5, 0.6) is 0 Å². The summed E-state index contributed by atoms with van der Waals surface area (Å²) in [5, 5.41) is 6.93. The van der Waals surface area contributed by atoms with Gasteiger partial charge in [0.2, 0.25) is 5.95 Å². The third kappa shape index (κ3) is 18.8. The van der Waals surface area contributed by atoms with Crippen molar-refractivity contribution >= 4 is 11.8 Å². The highest BCUT2D eigenvalue weighted by atomic mass is 15.1. The third-order valence-corrected chi connectivity index (χ3v) is 6.50. The van der Waals surface area contributed by atoms with Crippen molar-refractivity contribution in [2.45, 2.75) is 149 Å². The maximum Gasteiger partial charge on any atom is 0.224 e. The van der Waals surface area contributed by atoms with Gasteiger partial charge in [0.25, 0.3) is 0 Å². The van der Waals surface area contributed by atoms with E-state index < -0.39 is 0 Å². The Labute approximate surface area is 206 Å². The number of nitrogens with one attached hydrogen (secondary N) is 2. The van der Waals surface area contributed by atoms with E-state index in [-0.39, 0.29) is 0 Å². The molecule has 0 spiro atoms. The lowest BCUT2D eigenvalue weighted by molar-refractivity contribution is 0.559. The maximum absolute atomic E-state index is 4.67. The fourth-order valence-electron chi connectivity index (χ4n) is 4.38. The van der Waals surface area contributed by atoms with Crippen LogP contribution in [0.2, 0.25) is 0 Å². The van der Waals surface area contributed by atoms with Crippen LogP contribution in [0, 0.1) is 6.92 Å². The van der Waals surface area contributed by atoms with Gasteiger partial charge >= 0.3 is 0 Å². The first kappa shape index (κ1) is 29.7. The summed E-state index contributed by atoms with van der Waals surface area (Å²) in [6.07, 6.45) is 27.4. The largest absolute Gasteiger partial charge is 0.370 e. The van der Waals surface area contributed by atoms with Crippen LogP contribution in [-0.4, -0.2) is 23.1 Å². The molecule has 0 unspecified atom stereocenters. The van der Waals surface area contributed by atoms with Gasteiger partial charge in [-0.2, -0.15) is 4.98 Å². The molecule has 2 N–H and O–H groups in total. The van der Waals surface area contributed by atoms with E-state index in [1.165, 1.54) is 128 Å². The van der Waals surface area contributed by atoms with Crippen molar-refractivity contribution in [3.63, 3.8) is 0 Å². The molecule has 192 valence electrons. The molecule has 0 atom stereocenters. The summed E-state index contributed by atoms with van der Waals surface area (Å²) in [5.74, 6) is 1.74. The lowest BCUT2D eigenvalue weighted by Gasteiger charge is -2.10. The van der Waals surface area contributed by atoms with Crippen molar-refractivity contribution < 1.29 is 0 Å². The van der Waals surface area contributed by atoms with Gasteiger partial charge < -0.3 is 10.6 Å². The molecule has 0 radical (unpaired) electrons. The number of unbranched alkanes of at least 4 members (excludes halogenated alkanes) is 18. The standard InChI is InChI=1S/C29H56N4/c1-4-6-8-10-12-14-16-18-20-22-24-30-28-26-27(3)32-29(33-28)31-25-23-21-19-17-15-13-11-9-7-5-2/h26H,4-25H2,1-3H3,(H2,30,31,32,33). The van der Waals surface area contributed by atoms with E-state index in [0.29, 0.717) is 0 Å². The van der Waals surface area contributed by atoms with Crippen molar-refractivity contribution in [2.24, 2.45) is 0 Å². The Kier molecular flexibility index (Phi) is 20.2. The van der Waals surface area contributed by atoms with Crippen molar-refractivity contribution in [3.05, 3.63) is 11.8 Å². The summed E-state index contributed by atoms with van der Waals surface area (Å²) in [7, 11) is 0. The minimum atomic E-state index is 0.775. The summed E-state index contributed by atoms with van der Waals surface area (Å²) in [4.78, 5) is 9.22. The number of rotatable bonds is 24. The van der Waals surface area contributed by atoms with E-state index in [2.05, 4.69) is 47.4 Å². The lowest BCUT2D eigenvalue weighted by Crippen LogP contribution is -2.09. The SMILES string of the molecule is CCCCCCCCCCCCNc1cc(C)nc(NCCCCCCCCCCCC)n1. The lowest BCUT2D eigenvalue weighted by atomic mass is 10.1. The Hall–Kier alpha value is -1.32. The van der Waals surface area contributed by atoms with Gasteiger partial charge in [-0.05, 0) is 19.8 Å². The minimum Gasteiger partial charge on any atom is -0.370 e. The molecule has 1 rings (SSSR count). The monoisotopic (exact) mass is 460 g/mol.